The van der Waals surface area contributed by atoms with E-state index in [1.165, 1.54) is 0 Å². The van der Waals surface area contributed by atoms with Crippen molar-refractivity contribution in [1.29, 1.82) is 0 Å². The third-order valence-corrected chi connectivity index (χ3v) is 3.54. The van der Waals surface area contributed by atoms with Gasteiger partial charge in [-0.15, -0.1) is 0 Å². The SMILES string of the molecule is CCC(C)Oc1cc(CNC(=O)C2CCCN2)ccn1. The Morgan fingerprint density at radius 3 is 3.20 bits per heavy atom. The van der Waals surface area contributed by atoms with Crippen LogP contribution in [0.5, 0.6) is 5.88 Å². The number of carbonyl (C=O) groups is 1. The summed E-state index contributed by atoms with van der Waals surface area (Å²) in [5, 5.41) is 6.14. The van der Waals surface area contributed by atoms with Gasteiger partial charge in [-0.05, 0) is 44.4 Å². The Bertz CT molecular complexity index is 444. The smallest absolute Gasteiger partial charge is 0.237 e. The van der Waals surface area contributed by atoms with Crippen LogP contribution >= 0.6 is 0 Å². The summed E-state index contributed by atoms with van der Waals surface area (Å²) in [5.74, 6) is 0.689. The van der Waals surface area contributed by atoms with Gasteiger partial charge in [0, 0.05) is 18.8 Å². The lowest BCUT2D eigenvalue weighted by atomic mass is 10.2. The Labute approximate surface area is 120 Å². The second-order valence-corrected chi connectivity index (χ2v) is 5.21. The summed E-state index contributed by atoms with van der Waals surface area (Å²) >= 11 is 0. The van der Waals surface area contributed by atoms with Crippen LogP contribution in [0.15, 0.2) is 18.3 Å². The molecule has 1 aromatic heterocycles. The van der Waals surface area contributed by atoms with Crippen molar-refractivity contribution >= 4 is 5.91 Å². The summed E-state index contributed by atoms with van der Waals surface area (Å²) in [6.07, 6.45) is 4.79. The van der Waals surface area contributed by atoms with Gasteiger partial charge in [0.2, 0.25) is 11.8 Å². The zero-order valence-corrected chi connectivity index (χ0v) is 12.2. The first-order valence-corrected chi connectivity index (χ1v) is 7.31. The maximum absolute atomic E-state index is 11.9. The monoisotopic (exact) mass is 277 g/mol. The molecule has 110 valence electrons. The van der Waals surface area contributed by atoms with Crippen molar-refractivity contribution in [2.24, 2.45) is 0 Å². The third-order valence-electron chi connectivity index (χ3n) is 3.54. The first kappa shape index (κ1) is 14.8. The van der Waals surface area contributed by atoms with E-state index in [0.717, 1.165) is 31.4 Å². The largest absolute Gasteiger partial charge is 0.475 e. The molecule has 0 bridgehead atoms. The zero-order valence-electron chi connectivity index (χ0n) is 12.2. The highest BCUT2D eigenvalue weighted by Crippen LogP contribution is 2.12. The normalized spacial score (nSPS) is 19.6. The van der Waals surface area contributed by atoms with E-state index < -0.39 is 0 Å². The first-order chi connectivity index (χ1) is 9.69. The van der Waals surface area contributed by atoms with Gasteiger partial charge in [-0.25, -0.2) is 4.98 Å². The van der Waals surface area contributed by atoms with E-state index in [1.54, 1.807) is 6.20 Å². The number of rotatable bonds is 6. The molecule has 5 heteroatoms. The molecule has 2 atom stereocenters. The molecular weight excluding hydrogens is 254 g/mol. The molecule has 0 aliphatic carbocycles. The van der Waals surface area contributed by atoms with Gasteiger partial charge in [-0.2, -0.15) is 0 Å². The number of ether oxygens (including phenoxy) is 1. The van der Waals surface area contributed by atoms with Crippen molar-refractivity contribution in [2.45, 2.75) is 51.8 Å². The number of nitrogens with zero attached hydrogens (tertiary/aromatic N) is 1. The molecule has 0 aromatic carbocycles. The molecule has 0 spiro atoms. The molecule has 1 aromatic rings. The van der Waals surface area contributed by atoms with Crippen LogP contribution in [-0.4, -0.2) is 29.6 Å². The van der Waals surface area contributed by atoms with Crippen LogP contribution in [0, 0.1) is 0 Å². The van der Waals surface area contributed by atoms with E-state index in [9.17, 15) is 4.79 Å². The van der Waals surface area contributed by atoms with Gasteiger partial charge in [-0.1, -0.05) is 6.92 Å². The molecule has 0 saturated carbocycles. The molecule has 1 aliphatic rings. The van der Waals surface area contributed by atoms with Gasteiger partial charge in [0.25, 0.3) is 0 Å². The van der Waals surface area contributed by atoms with Crippen LogP contribution in [-0.2, 0) is 11.3 Å². The van der Waals surface area contributed by atoms with Gasteiger partial charge < -0.3 is 15.4 Å². The number of amides is 1. The second-order valence-electron chi connectivity index (χ2n) is 5.21. The van der Waals surface area contributed by atoms with Gasteiger partial charge in [-0.3, -0.25) is 4.79 Å². The summed E-state index contributed by atoms with van der Waals surface area (Å²) in [5.41, 5.74) is 1.00. The quantitative estimate of drug-likeness (QED) is 0.829. The fourth-order valence-electron chi connectivity index (χ4n) is 2.14. The fraction of sp³-hybridized carbons (Fsp3) is 0.600. The maximum Gasteiger partial charge on any atom is 0.237 e. The van der Waals surface area contributed by atoms with Crippen molar-refractivity contribution in [1.82, 2.24) is 15.6 Å². The number of hydrogen-bond donors (Lipinski definition) is 2. The summed E-state index contributed by atoms with van der Waals surface area (Å²) in [7, 11) is 0. The Morgan fingerprint density at radius 1 is 1.65 bits per heavy atom. The van der Waals surface area contributed by atoms with Crippen molar-refractivity contribution in [3.05, 3.63) is 23.9 Å². The number of pyridine rings is 1. The Balaban J connectivity index is 1.86. The molecule has 5 nitrogen and oxygen atoms in total. The fourth-order valence-corrected chi connectivity index (χ4v) is 2.14. The lowest BCUT2D eigenvalue weighted by molar-refractivity contribution is -0.122. The molecule has 2 heterocycles. The number of nitrogens with one attached hydrogen (secondary N) is 2. The van der Waals surface area contributed by atoms with E-state index in [-0.39, 0.29) is 18.1 Å². The number of aromatic nitrogens is 1. The van der Waals surface area contributed by atoms with E-state index in [2.05, 4.69) is 22.5 Å². The van der Waals surface area contributed by atoms with Crippen LogP contribution in [0.3, 0.4) is 0 Å². The van der Waals surface area contributed by atoms with Crippen LogP contribution in [0.1, 0.15) is 38.7 Å². The minimum atomic E-state index is -0.0346. The molecular formula is C15H23N3O2. The lowest BCUT2D eigenvalue weighted by Gasteiger charge is -2.13. The minimum absolute atomic E-state index is 0.0346. The Hall–Kier alpha value is -1.62. The summed E-state index contributed by atoms with van der Waals surface area (Å²) in [6, 6.07) is 3.74. The second kappa shape index (κ2) is 7.24. The van der Waals surface area contributed by atoms with Crippen LogP contribution < -0.4 is 15.4 Å². The molecule has 2 unspecified atom stereocenters. The lowest BCUT2D eigenvalue weighted by Crippen LogP contribution is -2.40. The van der Waals surface area contributed by atoms with Gasteiger partial charge in [0.05, 0.1) is 12.1 Å². The summed E-state index contributed by atoms with van der Waals surface area (Å²) in [6.45, 7) is 5.53. The van der Waals surface area contributed by atoms with Crippen LogP contribution in [0.2, 0.25) is 0 Å². The Kier molecular flexibility index (Phi) is 5.35. The summed E-state index contributed by atoms with van der Waals surface area (Å²) < 4.78 is 5.67. The molecule has 20 heavy (non-hydrogen) atoms. The van der Waals surface area contributed by atoms with Gasteiger partial charge in [0.1, 0.15) is 0 Å². The topological polar surface area (TPSA) is 63.2 Å². The third kappa shape index (κ3) is 4.20. The predicted molar refractivity (Wildman–Crippen MR) is 77.5 cm³/mol. The Morgan fingerprint density at radius 2 is 2.50 bits per heavy atom. The summed E-state index contributed by atoms with van der Waals surface area (Å²) in [4.78, 5) is 16.1. The van der Waals surface area contributed by atoms with Crippen molar-refractivity contribution in [3.8, 4) is 5.88 Å². The molecule has 1 amide bonds. The van der Waals surface area contributed by atoms with Crippen LogP contribution in [0.4, 0.5) is 0 Å². The highest BCUT2D eigenvalue weighted by Gasteiger charge is 2.21. The van der Waals surface area contributed by atoms with E-state index in [0.29, 0.717) is 12.4 Å². The molecule has 1 saturated heterocycles. The highest BCUT2D eigenvalue weighted by molar-refractivity contribution is 5.81. The minimum Gasteiger partial charge on any atom is -0.475 e. The van der Waals surface area contributed by atoms with Crippen LogP contribution in [0.25, 0.3) is 0 Å². The van der Waals surface area contributed by atoms with E-state index in [1.807, 2.05) is 19.1 Å². The molecule has 0 radical (unpaired) electrons. The molecule has 2 N–H and O–H groups in total. The maximum atomic E-state index is 11.9. The molecule has 1 fully saturated rings. The van der Waals surface area contributed by atoms with E-state index in [4.69, 9.17) is 4.74 Å². The molecule has 2 rings (SSSR count). The average Bonchev–Trinajstić information content (AvgIpc) is 2.99. The first-order valence-electron chi connectivity index (χ1n) is 7.31. The number of carbonyl (C=O) groups excluding carboxylic acids is 1. The average molecular weight is 277 g/mol. The standard InChI is InChI=1S/C15H23N3O2/c1-3-11(2)20-14-9-12(6-8-17-14)10-18-15(19)13-5-4-7-16-13/h6,8-9,11,13,16H,3-5,7,10H2,1-2H3,(H,18,19). The molecule has 1 aliphatic heterocycles. The van der Waals surface area contributed by atoms with Gasteiger partial charge in [0.15, 0.2) is 0 Å². The van der Waals surface area contributed by atoms with Crippen molar-refractivity contribution in [3.63, 3.8) is 0 Å². The van der Waals surface area contributed by atoms with E-state index >= 15 is 0 Å². The zero-order chi connectivity index (χ0) is 14.4. The predicted octanol–water partition coefficient (Wildman–Crippen LogP) is 1.63. The van der Waals surface area contributed by atoms with Crippen molar-refractivity contribution < 1.29 is 9.53 Å². The highest BCUT2D eigenvalue weighted by atomic mass is 16.5. The number of hydrogen-bond acceptors (Lipinski definition) is 4. The van der Waals surface area contributed by atoms with Crippen molar-refractivity contribution in [2.75, 3.05) is 6.54 Å². The van der Waals surface area contributed by atoms with Gasteiger partial charge >= 0.3 is 0 Å².